The molecule has 1 saturated heterocycles. The number of imidazole rings is 1. The van der Waals surface area contributed by atoms with Crippen LogP contribution in [0.2, 0.25) is 5.02 Å². The van der Waals surface area contributed by atoms with Crippen LogP contribution >= 0.6 is 11.6 Å². The van der Waals surface area contributed by atoms with Gasteiger partial charge in [-0.3, -0.25) is 9.69 Å². The van der Waals surface area contributed by atoms with E-state index in [1.807, 2.05) is 37.3 Å². The standard InChI is InChI=1S/C29H33ClN6O3/c1-18-14-20(6-9-24(18)39-17-25(37)31-2)28-34-27-26(23(30)15-32-29(27)35-28)33-21-10-12-36(13-11-21)16-19-4-7-22(38-3)8-5-19/h4-9,14-15,21H,10-13,16-17H2,1-3H3,(H,31,37)(H2,32,33,34,35). The van der Waals surface area contributed by atoms with Gasteiger partial charge in [0, 0.05) is 38.3 Å². The van der Waals surface area contributed by atoms with E-state index in [9.17, 15) is 4.79 Å². The highest BCUT2D eigenvalue weighted by Crippen LogP contribution is 2.33. The maximum absolute atomic E-state index is 11.5. The number of anilines is 1. The van der Waals surface area contributed by atoms with Gasteiger partial charge < -0.3 is 25.1 Å². The van der Waals surface area contributed by atoms with Gasteiger partial charge >= 0.3 is 0 Å². The lowest BCUT2D eigenvalue weighted by molar-refractivity contribution is -0.122. The number of rotatable bonds is 9. The number of benzene rings is 2. The molecule has 0 atom stereocenters. The Kier molecular flexibility index (Phi) is 8.18. The van der Waals surface area contributed by atoms with Crippen molar-refractivity contribution < 1.29 is 14.3 Å². The van der Waals surface area contributed by atoms with Crippen molar-refractivity contribution in [1.82, 2.24) is 25.2 Å². The Morgan fingerprint density at radius 2 is 1.95 bits per heavy atom. The summed E-state index contributed by atoms with van der Waals surface area (Å²) in [4.78, 5) is 26.6. The van der Waals surface area contributed by atoms with Gasteiger partial charge in [-0.2, -0.15) is 0 Å². The molecule has 204 valence electrons. The van der Waals surface area contributed by atoms with Crippen LogP contribution in [0.1, 0.15) is 24.0 Å². The average Bonchev–Trinajstić information content (AvgIpc) is 3.40. The zero-order valence-electron chi connectivity index (χ0n) is 22.4. The fourth-order valence-electron chi connectivity index (χ4n) is 4.81. The first-order valence-corrected chi connectivity index (χ1v) is 13.4. The van der Waals surface area contributed by atoms with Crippen molar-refractivity contribution in [1.29, 1.82) is 0 Å². The van der Waals surface area contributed by atoms with Crippen molar-refractivity contribution in [2.24, 2.45) is 0 Å². The zero-order chi connectivity index (χ0) is 27.4. The van der Waals surface area contributed by atoms with E-state index in [-0.39, 0.29) is 12.5 Å². The summed E-state index contributed by atoms with van der Waals surface area (Å²) >= 11 is 6.61. The van der Waals surface area contributed by atoms with Crippen LogP contribution < -0.4 is 20.1 Å². The normalized spacial score (nSPS) is 14.4. The number of piperidine rings is 1. The molecule has 0 radical (unpaired) electrons. The van der Waals surface area contributed by atoms with E-state index in [4.69, 9.17) is 26.1 Å². The van der Waals surface area contributed by atoms with Gasteiger partial charge in [0.25, 0.3) is 5.91 Å². The number of ether oxygens (including phenoxy) is 2. The first-order chi connectivity index (χ1) is 18.9. The van der Waals surface area contributed by atoms with Gasteiger partial charge in [0.15, 0.2) is 12.3 Å². The number of halogens is 1. The summed E-state index contributed by atoms with van der Waals surface area (Å²) in [6, 6.07) is 14.3. The quantitative estimate of drug-likeness (QED) is 0.276. The molecule has 3 heterocycles. The average molecular weight is 549 g/mol. The third kappa shape index (κ3) is 6.26. The van der Waals surface area contributed by atoms with E-state index in [0.717, 1.165) is 60.6 Å². The number of aromatic amines is 1. The monoisotopic (exact) mass is 548 g/mol. The number of likely N-dealkylation sites (tertiary alicyclic amines) is 1. The van der Waals surface area contributed by atoms with Crippen LogP contribution in [0, 0.1) is 6.92 Å². The highest BCUT2D eigenvalue weighted by molar-refractivity contribution is 6.34. The summed E-state index contributed by atoms with van der Waals surface area (Å²) in [5.74, 6) is 2.04. The molecule has 0 unspecified atom stereocenters. The third-order valence-electron chi connectivity index (χ3n) is 7.05. The lowest BCUT2D eigenvalue weighted by atomic mass is 10.0. The molecular formula is C29H33ClN6O3. The number of pyridine rings is 1. The number of fused-ring (bicyclic) bond motifs is 1. The van der Waals surface area contributed by atoms with Crippen LogP contribution in [0.4, 0.5) is 5.69 Å². The fraction of sp³-hybridized carbons (Fsp3) is 0.345. The summed E-state index contributed by atoms with van der Waals surface area (Å²) in [5, 5.41) is 6.76. The molecule has 0 saturated carbocycles. The number of H-pyrrole nitrogens is 1. The van der Waals surface area contributed by atoms with Crippen molar-refractivity contribution in [2.45, 2.75) is 32.4 Å². The van der Waals surface area contributed by atoms with E-state index in [1.165, 1.54) is 5.56 Å². The molecule has 0 bridgehead atoms. The van der Waals surface area contributed by atoms with Crippen LogP contribution in [0.5, 0.6) is 11.5 Å². The van der Waals surface area contributed by atoms with E-state index >= 15 is 0 Å². The number of aryl methyl sites for hydroxylation is 1. The number of amides is 1. The van der Waals surface area contributed by atoms with Crippen molar-refractivity contribution >= 4 is 34.4 Å². The zero-order valence-corrected chi connectivity index (χ0v) is 23.1. The molecule has 1 amide bonds. The Bertz CT molecular complexity index is 1450. The Balaban J connectivity index is 1.26. The number of nitrogens with zero attached hydrogens (tertiary/aromatic N) is 3. The van der Waals surface area contributed by atoms with Crippen molar-refractivity contribution in [3.05, 3.63) is 64.8 Å². The number of methoxy groups -OCH3 is 1. The third-order valence-corrected chi connectivity index (χ3v) is 7.34. The number of carbonyl (C=O) groups is 1. The van der Waals surface area contributed by atoms with Gasteiger partial charge in [-0.1, -0.05) is 23.7 Å². The van der Waals surface area contributed by atoms with Gasteiger partial charge in [0.05, 0.1) is 24.0 Å². The molecule has 0 aliphatic carbocycles. The number of hydrogen-bond donors (Lipinski definition) is 3. The number of carbonyl (C=O) groups excluding carboxylic acids is 1. The lowest BCUT2D eigenvalue weighted by Crippen LogP contribution is -2.38. The van der Waals surface area contributed by atoms with Crippen LogP contribution in [0.3, 0.4) is 0 Å². The molecule has 2 aromatic carbocycles. The van der Waals surface area contributed by atoms with Crippen molar-refractivity contribution in [2.75, 3.05) is 39.2 Å². The van der Waals surface area contributed by atoms with Crippen molar-refractivity contribution in [3.8, 4) is 22.9 Å². The molecule has 39 heavy (non-hydrogen) atoms. The Morgan fingerprint density at radius 1 is 1.18 bits per heavy atom. The molecule has 4 aromatic rings. The smallest absolute Gasteiger partial charge is 0.257 e. The molecule has 1 aliphatic rings. The lowest BCUT2D eigenvalue weighted by Gasteiger charge is -2.33. The summed E-state index contributed by atoms with van der Waals surface area (Å²) in [7, 11) is 3.27. The molecule has 0 spiro atoms. The molecular weight excluding hydrogens is 516 g/mol. The number of likely N-dealkylation sites (N-methyl/N-ethyl adjacent to an activating group) is 1. The molecule has 5 rings (SSSR count). The highest BCUT2D eigenvalue weighted by atomic mass is 35.5. The maximum atomic E-state index is 11.5. The molecule has 9 nitrogen and oxygen atoms in total. The number of nitrogens with one attached hydrogen (secondary N) is 3. The summed E-state index contributed by atoms with van der Waals surface area (Å²) < 4.78 is 10.9. The second-order valence-corrected chi connectivity index (χ2v) is 10.2. The van der Waals surface area contributed by atoms with Crippen LogP contribution in [0.15, 0.2) is 48.7 Å². The Labute approximate surface area is 232 Å². The van der Waals surface area contributed by atoms with E-state index < -0.39 is 0 Å². The minimum atomic E-state index is -0.179. The molecule has 1 fully saturated rings. The van der Waals surface area contributed by atoms with Crippen molar-refractivity contribution in [3.63, 3.8) is 0 Å². The first kappa shape index (κ1) is 26.8. The van der Waals surface area contributed by atoms with E-state index in [2.05, 4.69) is 37.6 Å². The minimum Gasteiger partial charge on any atom is -0.497 e. The van der Waals surface area contributed by atoms with E-state index in [1.54, 1.807) is 20.4 Å². The number of hydrogen-bond acceptors (Lipinski definition) is 7. The summed E-state index contributed by atoms with van der Waals surface area (Å²) in [5.41, 5.74) is 5.28. The predicted molar refractivity (Wildman–Crippen MR) is 154 cm³/mol. The molecule has 2 aromatic heterocycles. The second kappa shape index (κ2) is 11.9. The summed E-state index contributed by atoms with van der Waals surface area (Å²) in [6.07, 6.45) is 3.67. The van der Waals surface area contributed by atoms with Crippen LogP contribution in [-0.2, 0) is 11.3 Å². The minimum absolute atomic E-state index is 0.0286. The molecule has 10 heteroatoms. The SMILES string of the molecule is CNC(=O)COc1ccc(-c2nc3c(NC4CCN(Cc5ccc(OC)cc5)CC4)c(Cl)cnc3[nH]2)cc1C. The highest BCUT2D eigenvalue weighted by Gasteiger charge is 2.22. The predicted octanol–water partition coefficient (Wildman–Crippen LogP) is 4.80. The first-order valence-electron chi connectivity index (χ1n) is 13.0. The maximum Gasteiger partial charge on any atom is 0.257 e. The van der Waals surface area contributed by atoms with Gasteiger partial charge in [0.1, 0.15) is 22.8 Å². The summed E-state index contributed by atoms with van der Waals surface area (Å²) in [6.45, 7) is 4.83. The van der Waals surface area contributed by atoms with Gasteiger partial charge in [0.2, 0.25) is 0 Å². The molecule has 1 aliphatic heterocycles. The number of aromatic nitrogens is 3. The fourth-order valence-corrected chi connectivity index (χ4v) is 5.00. The van der Waals surface area contributed by atoms with Gasteiger partial charge in [-0.05, 0) is 61.2 Å². The van der Waals surface area contributed by atoms with Crippen LogP contribution in [-0.4, -0.2) is 65.7 Å². The van der Waals surface area contributed by atoms with E-state index in [0.29, 0.717) is 28.3 Å². The topological polar surface area (TPSA) is 104 Å². The second-order valence-electron chi connectivity index (χ2n) is 9.75. The Hall–Kier alpha value is -3.82. The van der Waals surface area contributed by atoms with Gasteiger partial charge in [-0.15, -0.1) is 0 Å². The van der Waals surface area contributed by atoms with Crippen LogP contribution in [0.25, 0.3) is 22.6 Å². The van der Waals surface area contributed by atoms with Gasteiger partial charge in [-0.25, -0.2) is 9.97 Å². The largest absolute Gasteiger partial charge is 0.497 e. The molecule has 3 N–H and O–H groups in total. The Morgan fingerprint density at radius 3 is 2.64 bits per heavy atom.